The average molecular weight is 332 g/mol. The fourth-order valence-electron chi connectivity index (χ4n) is 2.65. The van der Waals surface area contributed by atoms with E-state index in [4.69, 9.17) is 4.74 Å². The molecule has 0 aromatic carbocycles. The van der Waals surface area contributed by atoms with Crippen molar-refractivity contribution in [2.75, 3.05) is 26.8 Å². The first kappa shape index (κ1) is 19.9. The van der Waals surface area contributed by atoms with Gasteiger partial charge in [0.05, 0.1) is 18.8 Å². The quantitative estimate of drug-likeness (QED) is 0.809. The van der Waals surface area contributed by atoms with Crippen LogP contribution in [-0.2, 0) is 17.7 Å². The van der Waals surface area contributed by atoms with Crippen LogP contribution in [0.2, 0.25) is 0 Å². The van der Waals surface area contributed by atoms with Crippen LogP contribution in [0.25, 0.3) is 0 Å². The standard InChI is InChI=1S/C15H21F3N2O.C2H6/c1-3-12-4-5-13(11-6-7-21-9-11)14(19-12)8-20(2)10-15(16,17)18;1-2/h4-5,11H,3,6-10H2,1-2H3;1-2H3. The lowest BCUT2D eigenvalue weighted by Gasteiger charge is -2.21. The number of hydrogen-bond donors (Lipinski definition) is 0. The second-order valence-electron chi connectivity index (χ2n) is 5.54. The number of alkyl halides is 3. The predicted octanol–water partition coefficient (Wildman–Crippen LogP) is 4.17. The molecule has 0 bridgehead atoms. The number of halogens is 3. The molecule has 0 N–H and O–H groups in total. The Morgan fingerprint density at radius 1 is 1.30 bits per heavy atom. The molecule has 0 saturated carbocycles. The average Bonchev–Trinajstić information content (AvgIpc) is 3.01. The fraction of sp³-hybridized carbons (Fsp3) is 0.706. The van der Waals surface area contributed by atoms with E-state index in [1.165, 1.54) is 11.9 Å². The van der Waals surface area contributed by atoms with E-state index in [1.807, 2.05) is 32.9 Å². The van der Waals surface area contributed by atoms with E-state index in [9.17, 15) is 13.2 Å². The third kappa shape index (κ3) is 6.47. The van der Waals surface area contributed by atoms with E-state index in [2.05, 4.69) is 4.98 Å². The lowest BCUT2D eigenvalue weighted by Crippen LogP contribution is -2.31. The zero-order valence-corrected chi connectivity index (χ0v) is 14.4. The number of rotatable bonds is 5. The summed E-state index contributed by atoms with van der Waals surface area (Å²) in [5, 5.41) is 0. The predicted molar refractivity (Wildman–Crippen MR) is 85.5 cm³/mol. The van der Waals surface area contributed by atoms with Crippen molar-refractivity contribution >= 4 is 0 Å². The van der Waals surface area contributed by atoms with Gasteiger partial charge in [-0.1, -0.05) is 26.8 Å². The molecule has 1 fully saturated rings. The van der Waals surface area contributed by atoms with E-state index in [1.54, 1.807) is 0 Å². The molecule has 0 spiro atoms. The van der Waals surface area contributed by atoms with Gasteiger partial charge >= 0.3 is 6.18 Å². The van der Waals surface area contributed by atoms with Gasteiger partial charge in [0.2, 0.25) is 0 Å². The highest BCUT2D eigenvalue weighted by Gasteiger charge is 2.30. The Morgan fingerprint density at radius 3 is 2.52 bits per heavy atom. The third-order valence-corrected chi connectivity index (χ3v) is 3.67. The highest BCUT2D eigenvalue weighted by Crippen LogP contribution is 2.28. The maximum absolute atomic E-state index is 12.5. The second-order valence-corrected chi connectivity index (χ2v) is 5.54. The summed E-state index contributed by atoms with van der Waals surface area (Å²) >= 11 is 0. The van der Waals surface area contributed by atoms with E-state index < -0.39 is 12.7 Å². The molecule has 2 rings (SSSR count). The fourth-order valence-corrected chi connectivity index (χ4v) is 2.65. The van der Waals surface area contributed by atoms with Crippen molar-refractivity contribution in [3.05, 3.63) is 29.1 Å². The molecular formula is C17H27F3N2O. The lowest BCUT2D eigenvalue weighted by atomic mass is 9.96. The molecule has 0 aliphatic carbocycles. The zero-order valence-electron chi connectivity index (χ0n) is 14.4. The van der Waals surface area contributed by atoms with Crippen LogP contribution in [0.4, 0.5) is 13.2 Å². The van der Waals surface area contributed by atoms with Crippen LogP contribution in [-0.4, -0.2) is 42.9 Å². The van der Waals surface area contributed by atoms with Crippen LogP contribution in [0.1, 0.15) is 50.1 Å². The summed E-state index contributed by atoms with van der Waals surface area (Å²) in [5.74, 6) is 0.248. The van der Waals surface area contributed by atoms with Crippen LogP contribution < -0.4 is 0 Å². The van der Waals surface area contributed by atoms with Crippen molar-refractivity contribution in [3.8, 4) is 0 Å². The monoisotopic (exact) mass is 332 g/mol. The summed E-state index contributed by atoms with van der Waals surface area (Å²) in [7, 11) is 1.47. The summed E-state index contributed by atoms with van der Waals surface area (Å²) in [6.45, 7) is 6.61. The molecular weight excluding hydrogens is 305 g/mol. The Labute approximate surface area is 136 Å². The molecule has 1 aromatic heterocycles. The van der Waals surface area contributed by atoms with E-state index in [0.29, 0.717) is 13.2 Å². The topological polar surface area (TPSA) is 25.4 Å². The SMILES string of the molecule is CC.CCc1ccc(C2CCOC2)c(CN(C)CC(F)(F)F)n1. The molecule has 0 radical (unpaired) electrons. The number of aromatic nitrogens is 1. The van der Waals surface area contributed by atoms with Gasteiger partial charge in [-0.25, -0.2) is 0 Å². The van der Waals surface area contributed by atoms with Gasteiger partial charge in [0, 0.05) is 24.8 Å². The van der Waals surface area contributed by atoms with Crippen LogP contribution in [0.3, 0.4) is 0 Å². The maximum Gasteiger partial charge on any atom is 0.401 e. The number of nitrogens with zero attached hydrogens (tertiary/aromatic N) is 2. The second kappa shape index (κ2) is 9.23. The van der Waals surface area contributed by atoms with Crippen molar-refractivity contribution < 1.29 is 17.9 Å². The van der Waals surface area contributed by atoms with Gasteiger partial charge in [-0.2, -0.15) is 13.2 Å². The summed E-state index contributed by atoms with van der Waals surface area (Å²) in [6.07, 6.45) is -2.51. The van der Waals surface area contributed by atoms with Crippen molar-refractivity contribution in [2.45, 2.75) is 52.3 Å². The van der Waals surface area contributed by atoms with E-state index in [0.717, 1.165) is 29.8 Å². The van der Waals surface area contributed by atoms with Crippen LogP contribution in [0.15, 0.2) is 12.1 Å². The molecule has 1 aromatic rings. The minimum absolute atomic E-state index is 0.208. The Balaban J connectivity index is 0.00000127. The van der Waals surface area contributed by atoms with Crippen molar-refractivity contribution in [1.82, 2.24) is 9.88 Å². The molecule has 23 heavy (non-hydrogen) atoms. The molecule has 1 saturated heterocycles. The minimum Gasteiger partial charge on any atom is -0.381 e. The maximum atomic E-state index is 12.5. The highest BCUT2D eigenvalue weighted by atomic mass is 19.4. The van der Waals surface area contributed by atoms with Crippen LogP contribution in [0, 0.1) is 0 Å². The lowest BCUT2D eigenvalue weighted by molar-refractivity contribution is -0.144. The molecule has 2 heterocycles. The number of hydrogen-bond acceptors (Lipinski definition) is 3. The molecule has 0 amide bonds. The van der Waals surface area contributed by atoms with Gasteiger partial charge in [-0.15, -0.1) is 0 Å². The van der Waals surface area contributed by atoms with Gasteiger partial charge in [0.1, 0.15) is 0 Å². The van der Waals surface area contributed by atoms with Crippen LogP contribution >= 0.6 is 0 Å². The first-order valence-electron chi connectivity index (χ1n) is 8.20. The Kier molecular flexibility index (Phi) is 7.99. The molecule has 3 nitrogen and oxygen atoms in total. The first-order chi connectivity index (χ1) is 10.9. The van der Waals surface area contributed by atoms with Crippen molar-refractivity contribution in [1.29, 1.82) is 0 Å². The molecule has 1 aliphatic rings. The first-order valence-corrected chi connectivity index (χ1v) is 8.20. The summed E-state index contributed by atoms with van der Waals surface area (Å²) < 4.78 is 42.8. The Hall–Kier alpha value is -1.14. The summed E-state index contributed by atoms with van der Waals surface area (Å²) in [4.78, 5) is 5.81. The Bertz CT molecular complexity index is 471. The van der Waals surface area contributed by atoms with Crippen LogP contribution in [0.5, 0.6) is 0 Å². The highest BCUT2D eigenvalue weighted by molar-refractivity contribution is 5.28. The molecule has 6 heteroatoms. The van der Waals surface area contributed by atoms with Crippen molar-refractivity contribution in [3.63, 3.8) is 0 Å². The summed E-state index contributed by atoms with van der Waals surface area (Å²) in [5.41, 5.74) is 2.68. The van der Waals surface area contributed by atoms with Gasteiger partial charge in [0.15, 0.2) is 0 Å². The number of ether oxygens (including phenoxy) is 1. The largest absolute Gasteiger partial charge is 0.401 e. The molecule has 1 atom stereocenters. The van der Waals surface area contributed by atoms with E-state index in [-0.39, 0.29) is 12.5 Å². The van der Waals surface area contributed by atoms with Gasteiger partial charge in [-0.05, 0) is 31.5 Å². The van der Waals surface area contributed by atoms with E-state index >= 15 is 0 Å². The van der Waals surface area contributed by atoms with Crippen molar-refractivity contribution in [2.24, 2.45) is 0 Å². The molecule has 1 aliphatic heterocycles. The summed E-state index contributed by atoms with van der Waals surface area (Å²) in [6, 6.07) is 3.96. The molecule has 132 valence electrons. The minimum atomic E-state index is -4.19. The normalized spacial score (nSPS) is 18.0. The number of pyridine rings is 1. The van der Waals surface area contributed by atoms with Gasteiger partial charge in [-0.3, -0.25) is 9.88 Å². The molecule has 1 unspecified atom stereocenters. The van der Waals surface area contributed by atoms with Gasteiger partial charge < -0.3 is 4.74 Å². The van der Waals surface area contributed by atoms with Gasteiger partial charge in [0.25, 0.3) is 0 Å². The third-order valence-electron chi connectivity index (χ3n) is 3.67. The smallest absolute Gasteiger partial charge is 0.381 e. The zero-order chi connectivity index (χ0) is 17.5. The number of aryl methyl sites for hydroxylation is 1. The Morgan fingerprint density at radius 2 is 2.00 bits per heavy atom.